The smallest absolute Gasteiger partial charge is 0.395 e. The van der Waals surface area contributed by atoms with E-state index in [2.05, 4.69) is 24.7 Å². The molecule has 1 aliphatic rings. The van der Waals surface area contributed by atoms with Gasteiger partial charge >= 0.3 is 14.1 Å². The third-order valence-corrected chi connectivity index (χ3v) is 8.02. The van der Waals surface area contributed by atoms with E-state index in [0.717, 1.165) is 0 Å². The zero-order valence-electron chi connectivity index (χ0n) is 22.0. The Balaban J connectivity index is 1.29. The second-order valence-electron chi connectivity index (χ2n) is 9.39. The molecule has 0 spiro atoms. The molecule has 0 bridgehead atoms. The number of aromatic nitrogens is 5. The summed E-state index contributed by atoms with van der Waals surface area (Å²) in [6.45, 7) is 2.62. The second-order valence-corrected chi connectivity index (χ2v) is 11.1. The van der Waals surface area contributed by atoms with Gasteiger partial charge in [0.1, 0.15) is 35.0 Å². The average Bonchev–Trinajstić information content (AvgIpc) is 3.44. The fraction of sp³-hybridized carbons (Fsp3) is 0.375. The predicted molar refractivity (Wildman–Crippen MR) is 146 cm³/mol. The van der Waals surface area contributed by atoms with Gasteiger partial charge in [0.05, 0.1) is 11.8 Å². The highest BCUT2D eigenvalue weighted by molar-refractivity contribution is 7.98. The number of aliphatic hydroxyl groups excluding tert-OH is 1. The van der Waals surface area contributed by atoms with E-state index in [4.69, 9.17) is 24.8 Å². The van der Waals surface area contributed by atoms with Gasteiger partial charge in [-0.2, -0.15) is 4.98 Å². The number of carboxylic acid groups (broad SMARTS) is 1. The van der Waals surface area contributed by atoms with Gasteiger partial charge in [-0.05, 0) is 44.4 Å². The molecule has 5 rings (SSSR count). The van der Waals surface area contributed by atoms with Crippen LogP contribution in [0.15, 0.2) is 46.4 Å². The van der Waals surface area contributed by atoms with Crippen molar-refractivity contribution in [1.82, 2.24) is 24.5 Å². The quantitative estimate of drug-likeness (QED) is 0.121. The first-order valence-electron chi connectivity index (χ1n) is 12.2. The number of rotatable bonds is 9. The van der Waals surface area contributed by atoms with Gasteiger partial charge in [-0.25, -0.2) is 19.7 Å². The van der Waals surface area contributed by atoms with Crippen molar-refractivity contribution >= 4 is 53.9 Å². The maximum absolute atomic E-state index is 12.0. The van der Waals surface area contributed by atoms with Crippen LogP contribution in [0.5, 0.6) is 11.6 Å². The van der Waals surface area contributed by atoms with Crippen LogP contribution in [0.4, 0.5) is 5.95 Å². The first-order chi connectivity index (χ1) is 19.5. The van der Waals surface area contributed by atoms with Crippen molar-refractivity contribution in [3.63, 3.8) is 0 Å². The van der Waals surface area contributed by atoms with Crippen molar-refractivity contribution in [2.45, 2.75) is 49.0 Å². The Morgan fingerprint density at radius 3 is 2.85 bits per heavy atom. The molecule has 0 radical (unpaired) electrons. The number of hydrogen-bond donors (Lipinski definition) is 4. The molecule has 0 aliphatic carbocycles. The van der Waals surface area contributed by atoms with Gasteiger partial charge in [0, 0.05) is 11.5 Å². The van der Waals surface area contributed by atoms with Gasteiger partial charge in [-0.3, -0.25) is 9.09 Å². The molecule has 1 saturated heterocycles. The van der Waals surface area contributed by atoms with E-state index in [1.165, 1.54) is 42.6 Å². The highest BCUT2D eigenvalue weighted by Crippen LogP contribution is 2.40. The molecule has 216 valence electrons. The van der Waals surface area contributed by atoms with E-state index in [1.54, 1.807) is 24.3 Å². The highest BCUT2D eigenvalue weighted by atomic mass is 32.2. The third-order valence-electron chi connectivity index (χ3n) is 6.45. The largest absolute Gasteiger partial charge is 0.575 e. The van der Waals surface area contributed by atoms with E-state index < -0.39 is 44.2 Å². The average molecular weight is 604 g/mol. The lowest BCUT2D eigenvalue weighted by atomic mass is 9.96. The van der Waals surface area contributed by atoms with Gasteiger partial charge in [0.15, 0.2) is 23.7 Å². The van der Waals surface area contributed by atoms with Crippen molar-refractivity contribution in [3.8, 4) is 11.6 Å². The van der Waals surface area contributed by atoms with E-state index >= 15 is 0 Å². The monoisotopic (exact) mass is 603 g/mol. The first-order valence-corrected chi connectivity index (χ1v) is 14.6. The van der Waals surface area contributed by atoms with Crippen LogP contribution >= 0.6 is 19.9 Å². The van der Waals surface area contributed by atoms with Gasteiger partial charge in [-0.1, -0.05) is 4.74 Å². The van der Waals surface area contributed by atoms with Gasteiger partial charge in [-0.15, -0.1) is 11.8 Å². The summed E-state index contributed by atoms with van der Waals surface area (Å²) >= 11 is 1.35. The Kier molecular flexibility index (Phi) is 7.96. The normalized spacial score (nSPS) is 23.7. The van der Waals surface area contributed by atoms with Crippen LogP contribution in [0.3, 0.4) is 0 Å². The summed E-state index contributed by atoms with van der Waals surface area (Å²) in [5, 5.41) is 32.2. The van der Waals surface area contributed by atoms with Gasteiger partial charge in [0.25, 0.3) is 0 Å². The molecule has 1 fully saturated rings. The zero-order valence-corrected chi connectivity index (χ0v) is 23.7. The minimum absolute atomic E-state index is 0.0410. The van der Waals surface area contributed by atoms with Crippen molar-refractivity contribution in [2.75, 3.05) is 18.6 Å². The maximum atomic E-state index is 12.0. The lowest BCUT2D eigenvalue weighted by Crippen LogP contribution is -2.44. The molecular formula is C24H26N7O8PS. The molecule has 4 aromatic rings. The first kappa shape index (κ1) is 28.9. The summed E-state index contributed by atoms with van der Waals surface area (Å²) in [6, 6.07) is 6.84. The lowest BCUT2D eigenvalue weighted by molar-refractivity contribution is -0.169. The second kappa shape index (κ2) is 11.3. The molecule has 1 aliphatic heterocycles. The summed E-state index contributed by atoms with van der Waals surface area (Å²) in [5.41, 5.74) is 5.52. The van der Waals surface area contributed by atoms with Crippen LogP contribution in [-0.2, 0) is 9.53 Å². The number of anilines is 1. The van der Waals surface area contributed by atoms with E-state index in [1.807, 2.05) is 6.26 Å². The van der Waals surface area contributed by atoms with Gasteiger partial charge in [0.2, 0.25) is 11.8 Å². The van der Waals surface area contributed by atoms with Crippen LogP contribution in [0.1, 0.15) is 20.1 Å². The number of carbonyl (C=O) groups is 1. The Labute approximate surface area is 238 Å². The fourth-order valence-corrected chi connectivity index (χ4v) is 5.54. The van der Waals surface area contributed by atoms with Crippen LogP contribution in [0, 0.1) is 0 Å². The number of pyridine rings is 1. The Hall–Kier alpha value is -3.66. The van der Waals surface area contributed by atoms with Crippen LogP contribution in [0.2, 0.25) is 0 Å². The van der Waals surface area contributed by atoms with Crippen molar-refractivity contribution in [2.24, 2.45) is 4.74 Å². The third kappa shape index (κ3) is 5.75. The molecule has 6 atom stereocenters. The van der Waals surface area contributed by atoms with Crippen molar-refractivity contribution in [3.05, 3.63) is 36.7 Å². The Morgan fingerprint density at radius 2 is 2.12 bits per heavy atom. The number of fused-ring (bicyclic) bond motifs is 2. The molecule has 1 aromatic carbocycles. The number of aliphatic hydroxyl groups is 2. The number of carboxylic acids is 1. The number of nitrogen functional groups attached to an aromatic ring is 1. The summed E-state index contributed by atoms with van der Waals surface area (Å²) < 4.78 is 22.2. The van der Waals surface area contributed by atoms with Crippen LogP contribution in [0.25, 0.3) is 22.1 Å². The lowest BCUT2D eigenvalue weighted by Gasteiger charge is -2.27. The summed E-state index contributed by atoms with van der Waals surface area (Å²) in [7, 11) is -2.57. The summed E-state index contributed by atoms with van der Waals surface area (Å²) in [5.74, 6) is -0.699. The number of aliphatic carboxylic acids is 1. The molecule has 2 unspecified atom stereocenters. The number of nitrogens with zero attached hydrogens (tertiary/aromatic N) is 6. The predicted octanol–water partition coefficient (Wildman–Crippen LogP) is 1.47. The molecule has 0 saturated carbocycles. The van der Waals surface area contributed by atoms with Crippen molar-refractivity contribution in [1.29, 1.82) is 0 Å². The number of thioether (sulfide) groups is 1. The number of benzene rings is 1. The highest BCUT2D eigenvalue weighted by Gasteiger charge is 2.53. The standard InChI is InChI=1S/C24H26N7O8PS/c1-11(21(33)34)30-40(36)39-13-5-6-14-12(8-13)4-7-16(27-14)37-9-15-18(32)24(2,35)22(38-15)31-10-26-17-19(31)28-23(25)29-20(17)41-3/h4-8,10-11,15,18,22,32,35H,9H2,1-3H3,(H,33,34)(H2,25,28,29)/t11?,15-,18-,22-,24-/m1/s1. The molecule has 17 heteroatoms. The van der Waals surface area contributed by atoms with Crippen molar-refractivity contribution < 1.29 is 39.0 Å². The summed E-state index contributed by atoms with van der Waals surface area (Å²) in [4.78, 5) is 40.1. The fourth-order valence-electron chi connectivity index (χ4n) is 4.29. The molecule has 41 heavy (non-hydrogen) atoms. The summed E-state index contributed by atoms with van der Waals surface area (Å²) in [6.07, 6.45) is -0.00106. The van der Waals surface area contributed by atoms with E-state index in [0.29, 0.717) is 27.1 Å². The number of imidazole rings is 1. The van der Waals surface area contributed by atoms with Gasteiger partial charge < -0.3 is 35.4 Å². The van der Waals surface area contributed by atoms with Crippen LogP contribution < -0.4 is 19.9 Å². The van der Waals surface area contributed by atoms with Crippen LogP contribution in [-0.4, -0.2) is 82.5 Å². The van der Waals surface area contributed by atoms with E-state index in [-0.39, 0.29) is 24.2 Å². The molecular weight excluding hydrogens is 577 g/mol. The number of ether oxygens (including phenoxy) is 2. The molecule has 3 aromatic heterocycles. The Morgan fingerprint density at radius 1 is 1.34 bits per heavy atom. The molecule has 0 amide bonds. The molecule has 15 nitrogen and oxygen atoms in total. The molecule has 4 heterocycles. The van der Waals surface area contributed by atoms with E-state index in [9.17, 15) is 19.9 Å². The number of hydrogen-bond acceptors (Lipinski definition) is 14. The Bertz CT molecular complexity index is 1650. The zero-order chi connectivity index (χ0) is 29.5. The minimum Gasteiger partial charge on any atom is -0.575 e. The number of nitrogens with two attached hydrogens (primary N) is 1. The minimum atomic E-state index is -2.57. The maximum Gasteiger partial charge on any atom is 0.395 e. The SMILES string of the molecule is CSc1nc(N)nc2c1ncn2[C@@H]1O[C@H](COc2ccc3cc(O[P+]([O-])=NC(C)C(=O)O)ccc3n2)[C@@H](O)[C@@]1(C)O. The molecule has 5 N–H and O–H groups in total. The topological polar surface area (TPSA) is 223 Å².